The summed E-state index contributed by atoms with van der Waals surface area (Å²) in [5, 5.41) is 3.46. The molecule has 0 radical (unpaired) electrons. The summed E-state index contributed by atoms with van der Waals surface area (Å²) in [4.78, 5) is 2.17. The molecule has 0 bridgehead atoms. The fraction of sp³-hybridized carbons (Fsp3) is 0.375. The molecule has 0 aliphatic carbocycles. The first-order valence-electron chi connectivity index (χ1n) is 6.87. The van der Waals surface area contributed by atoms with E-state index in [-0.39, 0.29) is 0 Å². The lowest BCUT2D eigenvalue weighted by atomic mass is 10.3. The molecule has 0 spiro atoms. The third-order valence-corrected chi connectivity index (χ3v) is 3.22. The van der Waals surface area contributed by atoms with Crippen LogP contribution >= 0.6 is 0 Å². The van der Waals surface area contributed by atoms with Crippen LogP contribution < -0.4 is 10.1 Å². The fourth-order valence-electron chi connectivity index (χ4n) is 2.14. The Morgan fingerprint density at radius 2 is 1.95 bits per heavy atom. The summed E-state index contributed by atoms with van der Waals surface area (Å²) in [5.41, 5.74) is 2.30. The Bertz CT molecular complexity index is 534. The lowest BCUT2D eigenvalue weighted by molar-refractivity contribution is 0.398. The minimum atomic E-state index is 0.846. The van der Waals surface area contributed by atoms with Crippen LogP contribution in [0.3, 0.4) is 0 Å². The van der Waals surface area contributed by atoms with Gasteiger partial charge in [-0.05, 0) is 38.4 Å². The van der Waals surface area contributed by atoms with Gasteiger partial charge < -0.3 is 19.5 Å². The molecule has 0 saturated carbocycles. The monoisotopic (exact) mass is 273 g/mol. The number of hydrogen-bond acceptors (Lipinski definition) is 3. The van der Waals surface area contributed by atoms with E-state index in [1.54, 1.807) is 7.11 Å². The molecule has 4 nitrogen and oxygen atoms in total. The third-order valence-electron chi connectivity index (χ3n) is 3.22. The summed E-state index contributed by atoms with van der Waals surface area (Å²) in [6.07, 6.45) is 2.07. The SMILES string of the molecule is COc1ccccc1-n1cccc1CNCCN(C)C. The van der Waals surface area contributed by atoms with Gasteiger partial charge in [0, 0.05) is 31.5 Å². The zero-order chi connectivity index (χ0) is 14.4. The van der Waals surface area contributed by atoms with Crippen molar-refractivity contribution in [2.75, 3.05) is 34.3 Å². The summed E-state index contributed by atoms with van der Waals surface area (Å²) in [6.45, 7) is 2.86. The summed E-state index contributed by atoms with van der Waals surface area (Å²) < 4.78 is 7.60. The molecule has 4 heteroatoms. The van der Waals surface area contributed by atoms with Crippen molar-refractivity contribution in [3.8, 4) is 11.4 Å². The molecule has 2 rings (SSSR count). The van der Waals surface area contributed by atoms with Crippen LogP contribution in [0.1, 0.15) is 5.69 Å². The van der Waals surface area contributed by atoms with Crippen molar-refractivity contribution in [2.45, 2.75) is 6.54 Å². The molecule has 1 aromatic heterocycles. The van der Waals surface area contributed by atoms with Gasteiger partial charge in [-0.1, -0.05) is 12.1 Å². The number of hydrogen-bond donors (Lipinski definition) is 1. The van der Waals surface area contributed by atoms with Gasteiger partial charge in [0.2, 0.25) is 0 Å². The fourth-order valence-corrected chi connectivity index (χ4v) is 2.14. The van der Waals surface area contributed by atoms with Gasteiger partial charge in [0.25, 0.3) is 0 Å². The summed E-state index contributed by atoms with van der Waals surface area (Å²) in [5.74, 6) is 0.887. The van der Waals surface area contributed by atoms with E-state index >= 15 is 0 Å². The van der Waals surface area contributed by atoms with Crippen molar-refractivity contribution in [2.24, 2.45) is 0 Å². The number of para-hydroxylation sites is 2. The molecule has 0 atom stereocenters. The van der Waals surface area contributed by atoms with E-state index < -0.39 is 0 Å². The number of rotatable bonds is 7. The van der Waals surface area contributed by atoms with Crippen LogP contribution in [-0.2, 0) is 6.54 Å². The molecule has 0 aliphatic rings. The molecule has 0 unspecified atom stereocenters. The highest BCUT2D eigenvalue weighted by Crippen LogP contribution is 2.23. The van der Waals surface area contributed by atoms with Crippen LogP contribution in [0.15, 0.2) is 42.6 Å². The Kier molecular flexibility index (Phi) is 5.21. The van der Waals surface area contributed by atoms with E-state index in [1.807, 2.05) is 18.2 Å². The van der Waals surface area contributed by atoms with E-state index in [4.69, 9.17) is 4.74 Å². The summed E-state index contributed by atoms with van der Waals surface area (Å²) in [7, 11) is 5.87. The maximum atomic E-state index is 5.43. The van der Waals surface area contributed by atoms with Crippen LogP contribution in [0.2, 0.25) is 0 Å². The molecule has 20 heavy (non-hydrogen) atoms. The van der Waals surface area contributed by atoms with E-state index in [9.17, 15) is 0 Å². The Hall–Kier alpha value is -1.78. The number of nitrogens with zero attached hydrogens (tertiary/aromatic N) is 2. The quantitative estimate of drug-likeness (QED) is 0.784. The second kappa shape index (κ2) is 7.12. The minimum absolute atomic E-state index is 0.846. The molecule has 1 N–H and O–H groups in total. The smallest absolute Gasteiger partial charge is 0.142 e. The summed E-state index contributed by atoms with van der Waals surface area (Å²) in [6, 6.07) is 12.3. The van der Waals surface area contributed by atoms with Gasteiger partial charge in [-0.25, -0.2) is 0 Å². The van der Waals surface area contributed by atoms with Gasteiger partial charge in [-0.2, -0.15) is 0 Å². The maximum Gasteiger partial charge on any atom is 0.142 e. The molecule has 0 amide bonds. The number of benzene rings is 1. The maximum absolute atomic E-state index is 5.43. The predicted molar refractivity (Wildman–Crippen MR) is 82.6 cm³/mol. The van der Waals surface area contributed by atoms with Crippen molar-refractivity contribution in [3.05, 3.63) is 48.3 Å². The van der Waals surface area contributed by atoms with Gasteiger partial charge in [0.05, 0.1) is 12.8 Å². The topological polar surface area (TPSA) is 29.4 Å². The molecule has 2 aromatic rings. The van der Waals surface area contributed by atoms with Gasteiger partial charge >= 0.3 is 0 Å². The Morgan fingerprint density at radius 3 is 2.70 bits per heavy atom. The first kappa shape index (κ1) is 14.6. The van der Waals surface area contributed by atoms with E-state index in [0.717, 1.165) is 31.1 Å². The van der Waals surface area contributed by atoms with Crippen LogP contribution in [0, 0.1) is 0 Å². The first-order chi connectivity index (χ1) is 9.72. The average Bonchev–Trinajstić information content (AvgIpc) is 2.91. The van der Waals surface area contributed by atoms with Crippen molar-refractivity contribution in [1.82, 2.24) is 14.8 Å². The van der Waals surface area contributed by atoms with Gasteiger partial charge in [0.1, 0.15) is 5.75 Å². The lowest BCUT2D eigenvalue weighted by Gasteiger charge is -2.14. The highest BCUT2D eigenvalue weighted by molar-refractivity contribution is 5.48. The average molecular weight is 273 g/mol. The van der Waals surface area contributed by atoms with Gasteiger partial charge in [-0.15, -0.1) is 0 Å². The Morgan fingerprint density at radius 1 is 1.15 bits per heavy atom. The van der Waals surface area contributed by atoms with Gasteiger partial charge in [0.15, 0.2) is 0 Å². The molecule has 108 valence electrons. The number of methoxy groups -OCH3 is 1. The first-order valence-corrected chi connectivity index (χ1v) is 6.87. The second-order valence-corrected chi connectivity index (χ2v) is 5.02. The van der Waals surface area contributed by atoms with Crippen molar-refractivity contribution in [3.63, 3.8) is 0 Å². The third kappa shape index (κ3) is 3.62. The normalized spacial score (nSPS) is 11.0. The van der Waals surface area contributed by atoms with Gasteiger partial charge in [-0.3, -0.25) is 0 Å². The Balaban J connectivity index is 2.08. The molecular weight excluding hydrogens is 250 g/mol. The van der Waals surface area contributed by atoms with Crippen molar-refractivity contribution >= 4 is 0 Å². The van der Waals surface area contributed by atoms with E-state index in [0.29, 0.717) is 0 Å². The van der Waals surface area contributed by atoms with E-state index in [2.05, 4.69) is 53.3 Å². The molecule has 1 aromatic carbocycles. The molecule has 0 aliphatic heterocycles. The summed E-state index contributed by atoms with van der Waals surface area (Å²) >= 11 is 0. The van der Waals surface area contributed by atoms with Crippen LogP contribution in [-0.4, -0.2) is 43.8 Å². The molecular formula is C16H23N3O. The van der Waals surface area contributed by atoms with E-state index in [1.165, 1.54) is 5.69 Å². The van der Waals surface area contributed by atoms with Crippen LogP contribution in [0.25, 0.3) is 5.69 Å². The Labute approximate surface area is 121 Å². The number of nitrogens with one attached hydrogen (secondary N) is 1. The highest BCUT2D eigenvalue weighted by atomic mass is 16.5. The van der Waals surface area contributed by atoms with Crippen molar-refractivity contribution < 1.29 is 4.74 Å². The molecule has 0 fully saturated rings. The standard InChI is InChI=1S/C16H23N3O/c1-18(2)12-10-17-13-14-7-6-11-19(14)15-8-4-5-9-16(15)20-3/h4-9,11,17H,10,12-13H2,1-3H3. The minimum Gasteiger partial charge on any atom is -0.495 e. The number of likely N-dealkylation sites (N-methyl/N-ethyl adjacent to an activating group) is 1. The number of aromatic nitrogens is 1. The van der Waals surface area contributed by atoms with Crippen molar-refractivity contribution in [1.29, 1.82) is 0 Å². The lowest BCUT2D eigenvalue weighted by Crippen LogP contribution is -2.26. The highest BCUT2D eigenvalue weighted by Gasteiger charge is 2.07. The van der Waals surface area contributed by atoms with Crippen LogP contribution in [0.4, 0.5) is 0 Å². The second-order valence-electron chi connectivity index (χ2n) is 5.02. The predicted octanol–water partition coefficient (Wildman–Crippen LogP) is 2.14. The van der Waals surface area contributed by atoms with Crippen LogP contribution in [0.5, 0.6) is 5.75 Å². The zero-order valence-electron chi connectivity index (χ0n) is 12.5. The molecule has 0 saturated heterocycles. The molecule has 1 heterocycles. The zero-order valence-corrected chi connectivity index (χ0v) is 12.5. The largest absolute Gasteiger partial charge is 0.495 e. The number of ether oxygens (including phenoxy) is 1.